The molecule has 0 atom stereocenters. The maximum atomic E-state index is 8.91. The average Bonchev–Trinajstić information content (AvgIpc) is 2.46. The number of nitriles is 1. The Morgan fingerprint density at radius 3 is 2.70 bits per heavy atom. The van der Waals surface area contributed by atoms with Crippen molar-refractivity contribution in [3.05, 3.63) is 46.8 Å². The molecular formula is C16H15N3O. The second-order valence-electron chi connectivity index (χ2n) is 5.03. The number of aromatic nitrogens is 2. The lowest BCUT2D eigenvalue weighted by atomic mass is 9.92. The lowest BCUT2D eigenvalue weighted by molar-refractivity contribution is 0.438. The summed E-state index contributed by atoms with van der Waals surface area (Å²) in [4.78, 5) is 8.27. The molecule has 1 aromatic heterocycles. The van der Waals surface area contributed by atoms with E-state index in [0.717, 1.165) is 24.3 Å². The molecule has 0 aliphatic heterocycles. The lowest BCUT2D eigenvalue weighted by Crippen LogP contribution is -2.03. The van der Waals surface area contributed by atoms with Crippen molar-refractivity contribution >= 4 is 0 Å². The summed E-state index contributed by atoms with van der Waals surface area (Å²) in [5, 5.41) is 8.91. The molecule has 1 heterocycles. The summed E-state index contributed by atoms with van der Waals surface area (Å²) in [6.07, 6.45) is 4.75. The van der Waals surface area contributed by atoms with Crippen LogP contribution < -0.4 is 4.74 Å². The highest BCUT2D eigenvalue weighted by molar-refractivity contribution is 5.38. The quantitative estimate of drug-likeness (QED) is 0.835. The number of hydrogen-bond donors (Lipinski definition) is 0. The van der Waals surface area contributed by atoms with Crippen LogP contribution in [0.25, 0.3) is 0 Å². The molecule has 0 spiro atoms. The average molecular weight is 265 g/mol. The summed E-state index contributed by atoms with van der Waals surface area (Å²) in [5.41, 5.74) is 3.81. The SMILES string of the molecule is Cc1cc(C#N)nc(Oc2ccc3c(c2)CCCC3)n1. The van der Waals surface area contributed by atoms with E-state index in [2.05, 4.69) is 22.1 Å². The first-order chi connectivity index (χ1) is 9.74. The van der Waals surface area contributed by atoms with Crippen molar-refractivity contribution in [1.82, 2.24) is 9.97 Å². The molecule has 4 heteroatoms. The van der Waals surface area contributed by atoms with Gasteiger partial charge >= 0.3 is 6.01 Å². The van der Waals surface area contributed by atoms with Gasteiger partial charge in [0.2, 0.25) is 0 Å². The van der Waals surface area contributed by atoms with Crippen LogP contribution in [0.15, 0.2) is 24.3 Å². The number of hydrogen-bond acceptors (Lipinski definition) is 4. The van der Waals surface area contributed by atoms with E-state index in [9.17, 15) is 0 Å². The molecule has 0 fully saturated rings. The predicted octanol–water partition coefficient (Wildman–Crippen LogP) is 3.33. The molecular weight excluding hydrogens is 250 g/mol. The van der Waals surface area contributed by atoms with E-state index >= 15 is 0 Å². The number of nitrogens with zero attached hydrogens (tertiary/aromatic N) is 3. The molecule has 1 aromatic carbocycles. The number of aryl methyl sites for hydroxylation is 3. The molecule has 20 heavy (non-hydrogen) atoms. The van der Waals surface area contributed by atoms with E-state index in [1.807, 2.05) is 19.1 Å². The predicted molar refractivity (Wildman–Crippen MR) is 74.6 cm³/mol. The number of ether oxygens (including phenoxy) is 1. The maximum Gasteiger partial charge on any atom is 0.323 e. The molecule has 0 amide bonds. The molecule has 0 bridgehead atoms. The lowest BCUT2D eigenvalue weighted by Gasteiger charge is -2.16. The Bertz CT molecular complexity index is 689. The Hall–Kier alpha value is -2.41. The Morgan fingerprint density at radius 2 is 1.90 bits per heavy atom. The number of benzene rings is 1. The van der Waals surface area contributed by atoms with Gasteiger partial charge in [-0.15, -0.1) is 0 Å². The van der Waals surface area contributed by atoms with Crippen molar-refractivity contribution < 1.29 is 4.74 Å². The normalized spacial score (nSPS) is 13.4. The van der Waals surface area contributed by atoms with Gasteiger partial charge in [-0.2, -0.15) is 10.2 Å². The summed E-state index contributed by atoms with van der Waals surface area (Å²) < 4.78 is 5.69. The molecule has 0 radical (unpaired) electrons. The fraction of sp³-hybridized carbons (Fsp3) is 0.312. The molecule has 0 N–H and O–H groups in total. The van der Waals surface area contributed by atoms with Crippen LogP contribution in [0.4, 0.5) is 0 Å². The van der Waals surface area contributed by atoms with Crippen molar-refractivity contribution in [2.75, 3.05) is 0 Å². The molecule has 2 aromatic rings. The third kappa shape index (κ3) is 2.62. The van der Waals surface area contributed by atoms with Crippen molar-refractivity contribution in [3.63, 3.8) is 0 Å². The van der Waals surface area contributed by atoms with E-state index in [-0.39, 0.29) is 6.01 Å². The third-order valence-electron chi connectivity index (χ3n) is 3.48. The number of fused-ring (bicyclic) bond motifs is 1. The summed E-state index contributed by atoms with van der Waals surface area (Å²) in [6, 6.07) is 10.0. The molecule has 0 saturated heterocycles. The van der Waals surface area contributed by atoms with Gasteiger partial charge in [0.15, 0.2) is 0 Å². The van der Waals surface area contributed by atoms with Gasteiger partial charge in [0.05, 0.1) is 0 Å². The van der Waals surface area contributed by atoms with Crippen LogP contribution in [0.3, 0.4) is 0 Å². The van der Waals surface area contributed by atoms with Crippen LogP contribution in [0.1, 0.15) is 35.4 Å². The van der Waals surface area contributed by atoms with Gasteiger partial charge in [-0.25, -0.2) is 4.98 Å². The Balaban J connectivity index is 1.88. The molecule has 1 aliphatic carbocycles. The molecule has 0 saturated carbocycles. The van der Waals surface area contributed by atoms with E-state index in [4.69, 9.17) is 10.00 Å². The van der Waals surface area contributed by atoms with E-state index in [1.54, 1.807) is 6.07 Å². The van der Waals surface area contributed by atoms with Crippen LogP contribution in [0.2, 0.25) is 0 Å². The third-order valence-corrected chi connectivity index (χ3v) is 3.48. The molecule has 0 unspecified atom stereocenters. The van der Waals surface area contributed by atoms with Gasteiger partial charge in [0.25, 0.3) is 0 Å². The van der Waals surface area contributed by atoms with Gasteiger partial charge < -0.3 is 4.74 Å². The Kier molecular flexibility index (Phi) is 3.34. The summed E-state index contributed by atoms with van der Waals surface area (Å²) >= 11 is 0. The van der Waals surface area contributed by atoms with Gasteiger partial charge in [-0.3, -0.25) is 0 Å². The zero-order valence-electron chi connectivity index (χ0n) is 11.4. The highest BCUT2D eigenvalue weighted by atomic mass is 16.5. The first-order valence-electron chi connectivity index (χ1n) is 6.80. The van der Waals surface area contributed by atoms with Gasteiger partial charge in [-0.05, 0) is 61.9 Å². The van der Waals surface area contributed by atoms with E-state index in [1.165, 1.54) is 24.0 Å². The van der Waals surface area contributed by atoms with Crippen LogP contribution in [-0.4, -0.2) is 9.97 Å². The molecule has 4 nitrogen and oxygen atoms in total. The topological polar surface area (TPSA) is 58.8 Å². The van der Waals surface area contributed by atoms with Crippen LogP contribution >= 0.6 is 0 Å². The maximum absolute atomic E-state index is 8.91. The molecule has 3 rings (SSSR count). The first-order valence-corrected chi connectivity index (χ1v) is 6.80. The second kappa shape index (κ2) is 5.30. The highest BCUT2D eigenvalue weighted by Crippen LogP contribution is 2.27. The van der Waals surface area contributed by atoms with E-state index in [0.29, 0.717) is 5.69 Å². The minimum absolute atomic E-state index is 0.234. The van der Waals surface area contributed by atoms with Gasteiger partial charge in [-0.1, -0.05) is 6.07 Å². The zero-order valence-corrected chi connectivity index (χ0v) is 11.4. The zero-order chi connectivity index (χ0) is 13.9. The smallest absolute Gasteiger partial charge is 0.323 e. The fourth-order valence-corrected chi connectivity index (χ4v) is 2.52. The Labute approximate surface area is 118 Å². The van der Waals surface area contributed by atoms with Gasteiger partial charge in [0.1, 0.15) is 17.5 Å². The summed E-state index contributed by atoms with van der Waals surface area (Å²) in [5.74, 6) is 0.736. The summed E-state index contributed by atoms with van der Waals surface area (Å²) in [7, 11) is 0. The van der Waals surface area contributed by atoms with Crippen molar-refractivity contribution in [1.29, 1.82) is 5.26 Å². The van der Waals surface area contributed by atoms with Crippen molar-refractivity contribution in [2.45, 2.75) is 32.6 Å². The van der Waals surface area contributed by atoms with Crippen LogP contribution in [0, 0.1) is 18.3 Å². The van der Waals surface area contributed by atoms with Gasteiger partial charge in [0, 0.05) is 5.69 Å². The first kappa shape index (κ1) is 12.6. The van der Waals surface area contributed by atoms with Crippen molar-refractivity contribution in [2.24, 2.45) is 0 Å². The second-order valence-corrected chi connectivity index (χ2v) is 5.03. The van der Waals surface area contributed by atoms with E-state index < -0.39 is 0 Å². The highest BCUT2D eigenvalue weighted by Gasteiger charge is 2.11. The minimum atomic E-state index is 0.234. The monoisotopic (exact) mass is 265 g/mol. The molecule has 1 aliphatic rings. The fourth-order valence-electron chi connectivity index (χ4n) is 2.52. The Morgan fingerprint density at radius 1 is 1.10 bits per heavy atom. The van der Waals surface area contributed by atoms with Crippen LogP contribution in [0.5, 0.6) is 11.8 Å². The standard InChI is InChI=1S/C16H15N3O/c1-11-8-14(10-17)19-16(18-11)20-15-7-6-12-4-2-3-5-13(12)9-15/h6-9H,2-5H2,1H3. The minimum Gasteiger partial charge on any atom is -0.424 e. The summed E-state index contributed by atoms with van der Waals surface area (Å²) in [6.45, 7) is 1.82. The largest absolute Gasteiger partial charge is 0.424 e. The van der Waals surface area contributed by atoms with Crippen molar-refractivity contribution in [3.8, 4) is 17.8 Å². The number of rotatable bonds is 2. The molecule has 100 valence electrons. The van der Waals surface area contributed by atoms with Crippen LogP contribution in [-0.2, 0) is 12.8 Å².